The highest BCUT2D eigenvalue weighted by molar-refractivity contribution is 7.92. The van der Waals surface area contributed by atoms with Crippen molar-refractivity contribution in [2.45, 2.75) is 11.8 Å². The zero-order valence-corrected chi connectivity index (χ0v) is 18.6. The number of benzene rings is 3. The van der Waals surface area contributed by atoms with E-state index in [-0.39, 0.29) is 16.1 Å². The lowest BCUT2D eigenvalue weighted by Gasteiger charge is -2.11. The minimum Gasteiger partial charge on any atom is -0.497 e. The van der Waals surface area contributed by atoms with E-state index in [4.69, 9.17) is 9.47 Å². The molecule has 0 aliphatic carbocycles. The van der Waals surface area contributed by atoms with Crippen LogP contribution in [-0.2, 0) is 19.6 Å². The lowest BCUT2D eigenvalue weighted by molar-refractivity contribution is -0.119. The summed E-state index contributed by atoms with van der Waals surface area (Å²) in [6.07, 6.45) is 0. The molecule has 172 valence electrons. The van der Waals surface area contributed by atoms with E-state index in [2.05, 4.69) is 10.0 Å². The van der Waals surface area contributed by atoms with Crippen LogP contribution in [0.1, 0.15) is 15.9 Å². The molecule has 3 aromatic carbocycles. The normalized spacial score (nSPS) is 10.9. The van der Waals surface area contributed by atoms with Gasteiger partial charge in [0.15, 0.2) is 6.61 Å². The fraction of sp³-hybridized carbons (Fsp3) is 0.130. The second kappa shape index (κ2) is 10.1. The first kappa shape index (κ1) is 23.7. The van der Waals surface area contributed by atoms with Crippen molar-refractivity contribution in [1.82, 2.24) is 0 Å². The van der Waals surface area contributed by atoms with Gasteiger partial charge in [0.25, 0.3) is 15.9 Å². The molecule has 0 aliphatic rings. The summed E-state index contributed by atoms with van der Waals surface area (Å²) >= 11 is 0. The number of hydrogen-bond donors (Lipinski definition) is 2. The van der Waals surface area contributed by atoms with Gasteiger partial charge < -0.3 is 14.8 Å². The molecule has 0 unspecified atom stereocenters. The Morgan fingerprint density at radius 1 is 1.00 bits per heavy atom. The minimum absolute atomic E-state index is 0.0534. The molecular formula is C23H21FN2O6S. The molecule has 8 nitrogen and oxygen atoms in total. The average Bonchev–Trinajstić information content (AvgIpc) is 2.80. The number of sulfonamides is 1. The number of aryl methyl sites for hydroxylation is 1. The molecule has 0 heterocycles. The van der Waals surface area contributed by atoms with Crippen LogP contribution in [0.15, 0.2) is 71.6 Å². The first-order valence-corrected chi connectivity index (χ1v) is 11.2. The summed E-state index contributed by atoms with van der Waals surface area (Å²) in [7, 11) is -2.49. The fourth-order valence-electron chi connectivity index (χ4n) is 2.79. The predicted octanol–water partition coefficient (Wildman–Crippen LogP) is 3.74. The van der Waals surface area contributed by atoms with Crippen LogP contribution < -0.4 is 14.8 Å². The van der Waals surface area contributed by atoms with Crippen LogP contribution >= 0.6 is 0 Å². The number of methoxy groups -OCH3 is 1. The van der Waals surface area contributed by atoms with Gasteiger partial charge in [0.1, 0.15) is 11.6 Å². The molecule has 33 heavy (non-hydrogen) atoms. The maximum Gasteiger partial charge on any atom is 0.338 e. The third-order valence-corrected chi connectivity index (χ3v) is 5.91. The Kier molecular flexibility index (Phi) is 7.29. The fourth-order valence-corrected chi connectivity index (χ4v) is 3.90. The molecule has 3 aromatic rings. The second-order valence-corrected chi connectivity index (χ2v) is 8.63. The van der Waals surface area contributed by atoms with Gasteiger partial charge in [-0.3, -0.25) is 9.52 Å². The van der Waals surface area contributed by atoms with Crippen LogP contribution in [0.5, 0.6) is 5.75 Å². The summed E-state index contributed by atoms with van der Waals surface area (Å²) in [5.74, 6) is -1.50. The molecule has 0 aliphatic heterocycles. The largest absolute Gasteiger partial charge is 0.497 e. The third-order valence-electron chi connectivity index (χ3n) is 4.53. The van der Waals surface area contributed by atoms with Crippen molar-refractivity contribution >= 4 is 33.3 Å². The van der Waals surface area contributed by atoms with Crippen LogP contribution in [-0.4, -0.2) is 34.0 Å². The Balaban J connectivity index is 1.64. The molecule has 0 fully saturated rings. The third kappa shape index (κ3) is 6.30. The number of nitrogens with one attached hydrogen (secondary N) is 2. The van der Waals surface area contributed by atoms with Crippen LogP contribution in [0.25, 0.3) is 0 Å². The molecule has 0 aromatic heterocycles. The lowest BCUT2D eigenvalue weighted by Crippen LogP contribution is -2.21. The van der Waals surface area contributed by atoms with E-state index in [0.29, 0.717) is 17.0 Å². The highest BCUT2D eigenvalue weighted by Gasteiger charge is 2.18. The zero-order valence-electron chi connectivity index (χ0n) is 17.8. The van der Waals surface area contributed by atoms with Crippen molar-refractivity contribution in [3.8, 4) is 5.75 Å². The van der Waals surface area contributed by atoms with Gasteiger partial charge in [-0.15, -0.1) is 0 Å². The van der Waals surface area contributed by atoms with Gasteiger partial charge in [-0.05, 0) is 67.1 Å². The van der Waals surface area contributed by atoms with Gasteiger partial charge in [0.2, 0.25) is 0 Å². The van der Waals surface area contributed by atoms with Crippen LogP contribution in [0, 0.1) is 12.7 Å². The smallest absolute Gasteiger partial charge is 0.338 e. The summed E-state index contributed by atoms with van der Waals surface area (Å²) in [5.41, 5.74) is 1.16. The predicted molar refractivity (Wildman–Crippen MR) is 120 cm³/mol. The SMILES string of the molecule is COc1ccc(NS(=O)(=O)c2cccc(C(=O)OCC(=O)Nc3cc(F)ccc3C)c2)cc1. The number of halogens is 1. The minimum atomic E-state index is -3.98. The molecule has 0 radical (unpaired) electrons. The van der Waals surface area contributed by atoms with Crippen molar-refractivity contribution in [2.75, 3.05) is 23.8 Å². The first-order chi connectivity index (χ1) is 15.7. The van der Waals surface area contributed by atoms with Gasteiger partial charge >= 0.3 is 5.97 Å². The number of anilines is 2. The molecule has 0 saturated carbocycles. The van der Waals surface area contributed by atoms with Crippen molar-refractivity contribution in [2.24, 2.45) is 0 Å². The number of rotatable bonds is 8. The Hall–Kier alpha value is -3.92. The quantitative estimate of drug-likeness (QED) is 0.483. The molecule has 2 N–H and O–H groups in total. The van der Waals surface area contributed by atoms with Crippen LogP contribution in [0.4, 0.5) is 15.8 Å². The van der Waals surface area contributed by atoms with Gasteiger partial charge in [-0.2, -0.15) is 0 Å². The number of hydrogen-bond acceptors (Lipinski definition) is 6. The van der Waals surface area contributed by atoms with Gasteiger partial charge in [0, 0.05) is 11.4 Å². The number of amides is 1. The standard InChI is InChI=1S/C23H21FN2O6S/c1-15-6-7-17(24)13-21(15)25-22(27)14-32-23(28)16-4-3-5-20(12-16)33(29,30)26-18-8-10-19(31-2)11-9-18/h3-13,26H,14H2,1-2H3,(H,25,27). The number of ether oxygens (including phenoxy) is 2. The molecule has 3 rings (SSSR count). The van der Waals surface area contributed by atoms with E-state index < -0.39 is 34.3 Å². The summed E-state index contributed by atoms with van der Waals surface area (Å²) in [5, 5.41) is 2.46. The monoisotopic (exact) mass is 472 g/mol. The highest BCUT2D eigenvalue weighted by atomic mass is 32.2. The van der Waals surface area contributed by atoms with Gasteiger partial charge in [0.05, 0.1) is 17.6 Å². The summed E-state index contributed by atoms with van der Waals surface area (Å²) < 4.78 is 51.1. The van der Waals surface area contributed by atoms with E-state index in [1.165, 1.54) is 49.6 Å². The average molecular weight is 472 g/mol. The highest BCUT2D eigenvalue weighted by Crippen LogP contribution is 2.20. The van der Waals surface area contributed by atoms with Crippen molar-refractivity contribution < 1.29 is 31.9 Å². The van der Waals surface area contributed by atoms with E-state index >= 15 is 0 Å². The molecule has 0 spiro atoms. The van der Waals surface area contributed by atoms with Crippen molar-refractivity contribution in [1.29, 1.82) is 0 Å². The number of carbonyl (C=O) groups excluding carboxylic acids is 2. The molecule has 10 heteroatoms. The summed E-state index contributed by atoms with van der Waals surface area (Å²) in [6.45, 7) is 1.06. The second-order valence-electron chi connectivity index (χ2n) is 6.95. The Bertz CT molecular complexity index is 1280. The molecule has 0 bridgehead atoms. The van der Waals surface area contributed by atoms with Crippen molar-refractivity contribution in [3.63, 3.8) is 0 Å². The topological polar surface area (TPSA) is 111 Å². The maximum atomic E-state index is 13.3. The van der Waals surface area contributed by atoms with E-state index in [0.717, 1.165) is 12.1 Å². The van der Waals surface area contributed by atoms with Crippen LogP contribution in [0.2, 0.25) is 0 Å². The Morgan fingerprint density at radius 2 is 1.73 bits per heavy atom. The number of carbonyl (C=O) groups is 2. The molecular weight excluding hydrogens is 451 g/mol. The molecule has 0 saturated heterocycles. The van der Waals surface area contributed by atoms with E-state index in [1.54, 1.807) is 19.1 Å². The summed E-state index contributed by atoms with van der Waals surface area (Å²) in [6, 6.07) is 15.4. The Morgan fingerprint density at radius 3 is 2.42 bits per heavy atom. The lowest BCUT2D eigenvalue weighted by atomic mass is 10.2. The van der Waals surface area contributed by atoms with Gasteiger partial charge in [-0.25, -0.2) is 17.6 Å². The Labute approximate surface area is 190 Å². The van der Waals surface area contributed by atoms with Crippen LogP contribution in [0.3, 0.4) is 0 Å². The van der Waals surface area contributed by atoms with Crippen molar-refractivity contribution in [3.05, 3.63) is 83.7 Å². The maximum absolute atomic E-state index is 13.3. The van der Waals surface area contributed by atoms with E-state index in [1.807, 2.05) is 0 Å². The van der Waals surface area contributed by atoms with Gasteiger partial charge in [-0.1, -0.05) is 12.1 Å². The molecule has 0 atom stereocenters. The summed E-state index contributed by atoms with van der Waals surface area (Å²) in [4.78, 5) is 24.2. The zero-order chi connectivity index (χ0) is 24.0. The first-order valence-electron chi connectivity index (χ1n) is 9.68. The number of esters is 1. The van der Waals surface area contributed by atoms with E-state index in [9.17, 15) is 22.4 Å². The molecule has 1 amide bonds.